The highest BCUT2D eigenvalue weighted by Gasteiger charge is 2.36. The maximum absolute atomic E-state index is 11.0. The van der Waals surface area contributed by atoms with Crippen molar-refractivity contribution in [2.75, 3.05) is 32.8 Å². The van der Waals surface area contributed by atoms with E-state index in [1.54, 1.807) is 0 Å². The minimum atomic E-state index is -0.884. The number of nitrogens with zero attached hydrogens (tertiary/aromatic N) is 2. The van der Waals surface area contributed by atoms with E-state index in [2.05, 4.69) is 20.8 Å². The lowest BCUT2D eigenvalue weighted by Gasteiger charge is -2.42. The third kappa shape index (κ3) is 2.86. The Hall–Kier alpha value is -1.31. The molecule has 2 heterocycles. The molecule has 0 radical (unpaired) electrons. The van der Waals surface area contributed by atoms with Crippen molar-refractivity contribution >= 4 is 22.0 Å². The molecular weight excluding hydrogens is 340 g/mol. The monoisotopic (exact) mass is 356 g/mol. The Morgan fingerprint density at radius 3 is 2.67 bits per heavy atom. The summed E-state index contributed by atoms with van der Waals surface area (Å²) in [6.45, 7) is 2.41. The summed E-state index contributed by atoms with van der Waals surface area (Å²) in [4.78, 5) is 14.5. The summed E-state index contributed by atoms with van der Waals surface area (Å²) in [5.41, 5.74) is 0.951. The average molecular weight is 357 g/mol. The van der Waals surface area contributed by atoms with Crippen LogP contribution < -0.4 is 4.74 Å². The fourth-order valence-electron chi connectivity index (χ4n) is 2.99. The van der Waals surface area contributed by atoms with Gasteiger partial charge in [-0.3, -0.25) is 4.90 Å². The highest BCUT2D eigenvalue weighted by Crippen LogP contribution is 2.38. The van der Waals surface area contributed by atoms with E-state index in [9.17, 15) is 9.90 Å². The molecule has 0 aliphatic carbocycles. The fourth-order valence-corrected chi connectivity index (χ4v) is 3.37. The number of piperazine rings is 1. The molecule has 1 aromatic rings. The number of carbonyl (C=O) groups is 1. The molecule has 2 aliphatic heterocycles. The number of ether oxygens (including phenoxy) is 1. The Morgan fingerprint density at radius 1 is 1.29 bits per heavy atom. The van der Waals surface area contributed by atoms with Crippen LogP contribution in [0, 0.1) is 0 Å². The number of hydrogen-bond donors (Lipinski definition) is 2. The van der Waals surface area contributed by atoms with Crippen molar-refractivity contribution in [2.24, 2.45) is 0 Å². The number of aliphatic hydroxyl groups excluding tert-OH is 1. The van der Waals surface area contributed by atoms with Gasteiger partial charge in [-0.25, -0.2) is 4.79 Å². The van der Waals surface area contributed by atoms with E-state index >= 15 is 0 Å². The largest absolute Gasteiger partial charge is 0.490 e. The predicted molar refractivity (Wildman–Crippen MR) is 79.6 cm³/mol. The van der Waals surface area contributed by atoms with E-state index < -0.39 is 12.2 Å². The summed E-state index contributed by atoms with van der Waals surface area (Å²) in [5.74, 6) is 0.786. The average Bonchev–Trinajstić information content (AvgIpc) is 2.47. The molecule has 1 aromatic carbocycles. The minimum Gasteiger partial charge on any atom is -0.490 e. The Labute approximate surface area is 131 Å². The second-order valence-corrected chi connectivity index (χ2v) is 6.23. The zero-order chi connectivity index (χ0) is 15.0. The Balaban J connectivity index is 1.82. The molecule has 1 fully saturated rings. The molecule has 2 unspecified atom stereocenters. The topological polar surface area (TPSA) is 73.2 Å². The van der Waals surface area contributed by atoms with Gasteiger partial charge in [0.2, 0.25) is 0 Å². The molecule has 2 aliphatic rings. The van der Waals surface area contributed by atoms with Crippen molar-refractivity contribution in [2.45, 2.75) is 12.1 Å². The van der Waals surface area contributed by atoms with E-state index in [-0.39, 0.29) is 12.6 Å². The summed E-state index contributed by atoms with van der Waals surface area (Å²) in [7, 11) is 0. The normalized spacial score (nSPS) is 26.1. The summed E-state index contributed by atoms with van der Waals surface area (Å²) in [5, 5.41) is 19.3. The van der Waals surface area contributed by atoms with Crippen LogP contribution in [0.15, 0.2) is 22.7 Å². The number of fused-ring (bicyclic) bond motifs is 1. The van der Waals surface area contributed by atoms with Gasteiger partial charge in [-0.2, -0.15) is 0 Å². The predicted octanol–water partition coefficient (Wildman–Crippen LogP) is 1.54. The van der Waals surface area contributed by atoms with Gasteiger partial charge in [0.1, 0.15) is 18.5 Å². The van der Waals surface area contributed by atoms with Crippen LogP contribution in [0.1, 0.15) is 11.6 Å². The van der Waals surface area contributed by atoms with E-state index in [0.29, 0.717) is 26.2 Å². The van der Waals surface area contributed by atoms with Crippen LogP contribution in [-0.2, 0) is 0 Å². The summed E-state index contributed by atoms with van der Waals surface area (Å²) in [6, 6.07) is 5.62. The SMILES string of the molecule is O=C(O)N1CCN(C2c3cc(Br)ccc3OCC2O)CC1. The maximum Gasteiger partial charge on any atom is 0.407 e. The number of amides is 1. The van der Waals surface area contributed by atoms with Crippen LogP contribution in [0.25, 0.3) is 0 Å². The highest BCUT2D eigenvalue weighted by atomic mass is 79.9. The summed E-state index contributed by atoms with van der Waals surface area (Å²) < 4.78 is 6.51. The van der Waals surface area contributed by atoms with Crippen LogP contribution in [0.3, 0.4) is 0 Å². The fraction of sp³-hybridized carbons (Fsp3) is 0.500. The van der Waals surface area contributed by atoms with Gasteiger partial charge in [0.05, 0.1) is 6.04 Å². The van der Waals surface area contributed by atoms with Gasteiger partial charge in [0.25, 0.3) is 0 Å². The molecule has 1 amide bonds. The lowest BCUT2D eigenvalue weighted by molar-refractivity contribution is -0.0159. The van der Waals surface area contributed by atoms with Gasteiger partial charge in [-0.1, -0.05) is 15.9 Å². The van der Waals surface area contributed by atoms with Crippen molar-refractivity contribution < 1.29 is 19.7 Å². The standard InChI is InChI=1S/C14H17BrN2O4/c15-9-1-2-12-10(7-9)13(11(18)8-21-12)16-3-5-17(6-4-16)14(19)20/h1-2,7,11,13,18H,3-6,8H2,(H,19,20). The summed E-state index contributed by atoms with van der Waals surface area (Å²) >= 11 is 3.45. The van der Waals surface area contributed by atoms with Gasteiger partial charge >= 0.3 is 6.09 Å². The lowest BCUT2D eigenvalue weighted by atomic mass is 9.96. The zero-order valence-corrected chi connectivity index (χ0v) is 13.0. The molecule has 1 saturated heterocycles. The van der Waals surface area contributed by atoms with Crippen molar-refractivity contribution in [3.63, 3.8) is 0 Å². The first-order valence-electron chi connectivity index (χ1n) is 6.88. The number of carboxylic acid groups (broad SMARTS) is 1. The van der Waals surface area contributed by atoms with Gasteiger partial charge < -0.3 is 19.8 Å². The number of halogens is 1. The quantitative estimate of drug-likeness (QED) is 0.798. The van der Waals surface area contributed by atoms with Crippen molar-refractivity contribution in [3.8, 4) is 5.75 Å². The summed E-state index contributed by atoms with van der Waals surface area (Å²) in [6.07, 6.45) is -1.49. The van der Waals surface area contributed by atoms with Crippen LogP contribution in [-0.4, -0.2) is 65.0 Å². The third-order valence-corrected chi connectivity index (χ3v) is 4.54. The Bertz CT molecular complexity index is 546. The molecule has 2 atom stereocenters. The Kier molecular flexibility index (Phi) is 4.05. The van der Waals surface area contributed by atoms with Crippen LogP contribution in [0.5, 0.6) is 5.75 Å². The molecule has 0 bridgehead atoms. The molecule has 0 aromatic heterocycles. The molecule has 0 saturated carbocycles. The second-order valence-electron chi connectivity index (χ2n) is 5.31. The first-order chi connectivity index (χ1) is 10.1. The molecular formula is C14H17BrN2O4. The minimum absolute atomic E-state index is 0.151. The molecule has 7 heteroatoms. The van der Waals surface area contributed by atoms with E-state index in [0.717, 1.165) is 15.8 Å². The molecule has 114 valence electrons. The molecule has 21 heavy (non-hydrogen) atoms. The molecule has 0 spiro atoms. The number of hydrogen-bond acceptors (Lipinski definition) is 4. The first kappa shape index (κ1) is 14.6. The van der Waals surface area contributed by atoms with Crippen LogP contribution in [0.2, 0.25) is 0 Å². The number of benzene rings is 1. The molecule has 3 rings (SSSR count). The first-order valence-corrected chi connectivity index (χ1v) is 7.68. The van der Waals surface area contributed by atoms with Crippen LogP contribution in [0.4, 0.5) is 4.79 Å². The van der Waals surface area contributed by atoms with Gasteiger partial charge in [-0.05, 0) is 18.2 Å². The van der Waals surface area contributed by atoms with E-state index in [4.69, 9.17) is 9.84 Å². The van der Waals surface area contributed by atoms with Crippen LogP contribution >= 0.6 is 15.9 Å². The third-order valence-electron chi connectivity index (χ3n) is 4.04. The highest BCUT2D eigenvalue weighted by molar-refractivity contribution is 9.10. The number of aliphatic hydroxyl groups is 1. The van der Waals surface area contributed by atoms with Crippen molar-refractivity contribution in [1.82, 2.24) is 9.80 Å². The smallest absolute Gasteiger partial charge is 0.407 e. The van der Waals surface area contributed by atoms with Gasteiger partial charge in [0, 0.05) is 36.2 Å². The lowest BCUT2D eigenvalue weighted by Crippen LogP contribution is -2.52. The van der Waals surface area contributed by atoms with Crippen molar-refractivity contribution in [3.05, 3.63) is 28.2 Å². The zero-order valence-electron chi connectivity index (χ0n) is 11.4. The molecule has 2 N–H and O–H groups in total. The van der Waals surface area contributed by atoms with Crippen molar-refractivity contribution in [1.29, 1.82) is 0 Å². The van der Waals surface area contributed by atoms with E-state index in [1.165, 1.54) is 4.90 Å². The maximum atomic E-state index is 11.0. The van der Waals surface area contributed by atoms with Gasteiger partial charge in [0.15, 0.2) is 0 Å². The number of rotatable bonds is 1. The van der Waals surface area contributed by atoms with E-state index in [1.807, 2.05) is 18.2 Å². The van der Waals surface area contributed by atoms with Gasteiger partial charge in [-0.15, -0.1) is 0 Å². The second kappa shape index (κ2) is 5.82. The molecule has 6 nitrogen and oxygen atoms in total. The Morgan fingerprint density at radius 2 is 2.00 bits per heavy atom.